The monoisotopic (exact) mass is 302 g/mol. The van der Waals surface area contributed by atoms with Crippen LogP contribution in [0.3, 0.4) is 0 Å². The van der Waals surface area contributed by atoms with Crippen LogP contribution in [0.15, 0.2) is 18.2 Å². The predicted octanol–water partition coefficient (Wildman–Crippen LogP) is 3.65. The van der Waals surface area contributed by atoms with Crippen molar-refractivity contribution >= 4 is 12.6 Å². The lowest BCUT2D eigenvalue weighted by molar-refractivity contribution is 0.00578. The highest BCUT2D eigenvalue weighted by molar-refractivity contribution is 6.62. The second kappa shape index (κ2) is 5.28. The summed E-state index contributed by atoms with van der Waals surface area (Å²) >= 11 is 0. The summed E-state index contributed by atoms with van der Waals surface area (Å²) in [6, 6.07) is 6.23. The molecule has 0 spiro atoms. The maximum atomic E-state index is 6.24. The second-order valence-corrected chi connectivity index (χ2v) is 7.82. The van der Waals surface area contributed by atoms with Gasteiger partial charge in [-0.15, -0.1) is 0 Å². The number of hydrogen-bond donors (Lipinski definition) is 0. The third-order valence-electron chi connectivity index (χ3n) is 5.00. The molecule has 3 nitrogen and oxygen atoms in total. The Kier molecular flexibility index (Phi) is 3.81. The summed E-state index contributed by atoms with van der Waals surface area (Å²) in [5, 5.41) is 0. The van der Waals surface area contributed by atoms with Crippen LogP contribution in [0.4, 0.5) is 0 Å². The first kappa shape index (κ1) is 15.9. The normalized spacial score (nSPS) is 23.1. The average molecular weight is 302 g/mol. The van der Waals surface area contributed by atoms with Crippen LogP contribution in [0.2, 0.25) is 0 Å². The number of hydrogen-bond acceptors (Lipinski definition) is 3. The predicted molar refractivity (Wildman–Crippen MR) is 89.9 cm³/mol. The van der Waals surface area contributed by atoms with E-state index in [-0.39, 0.29) is 18.3 Å². The van der Waals surface area contributed by atoms with E-state index in [1.165, 1.54) is 5.56 Å². The highest BCUT2D eigenvalue weighted by Crippen LogP contribution is 2.38. The Bertz CT molecular complexity index is 545. The summed E-state index contributed by atoms with van der Waals surface area (Å²) in [6.07, 6.45) is 2.72. The van der Waals surface area contributed by atoms with Crippen molar-refractivity contribution < 1.29 is 14.0 Å². The van der Waals surface area contributed by atoms with E-state index in [4.69, 9.17) is 14.0 Å². The molecule has 2 aliphatic rings. The molecule has 1 heterocycles. The van der Waals surface area contributed by atoms with E-state index in [2.05, 4.69) is 53.7 Å². The van der Waals surface area contributed by atoms with Gasteiger partial charge in [0.05, 0.1) is 17.3 Å². The zero-order chi connectivity index (χ0) is 16.1. The summed E-state index contributed by atoms with van der Waals surface area (Å²) in [6.45, 7) is 12.8. The smallest absolute Gasteiger partial charge is 0.490 e. The Morgan fingerprint density at radius 3 is 2.18 bits per heavy atom. The van der Waals surface area contributed by atoms with E-state index in [1.807, 2.05) is 6.07 Å². The Morgan fingerprint density at radius 1 is 1.09 bits per heavy atom. The third kappa shape index (κ3) is 2.79. The second-order valence-electron chi connectivity index (χ2n) is 7.82. The number of rotatable bonds is 4. The van der Waals surface area contributed by atoms with Crippen LogP contribution in [0.5, 0.6) is 5.75 Å². The molecule has 0 N–H and O–H groups in total. The molecular formula is C18H27BO3. The van der Waals surface area contributed by atoms with Gasteiger partial charge in [0.1, 0.15) is 5.75 Å². The lowest BCUT2D eigenvalue weighted by Crippen LogP contribution is -2.41. The van der Waals surface area contributed by atoms with Gasteiger partial charge in [-0.3, -0.25) is 0 Å². The van der Waals surface area contributed by atoms with E-state index in [0.29, 0.717) is 12.0 Å². The molecule has 0 bridgehead atoms. The van der Waals surface area contributed by atoms with Crippen LogP contribution >= 0.6 is 0 Å². The molecule has 22 heavy (non-hydrogen) atoms. The van der Waals surface area contributed by atoms with Crippen molar-refractivity contribution in [3.8, 4) is 5.75 Å². The first-order chi connectivity index (χ1) is 10.2. The molecule has 0 radical (unpaired) electrons. The van der Waals surface area contributed by atoms with Gasteiger partial charge in [-0.05, 0) is 63.5 Å². The fourth-order valence-electron chi connectivity index (χ4n) is 2.82. The van der Waals surface area contributed by atoms with Gasteiger partial charge in [0.25, 0.3) is 0 Å². The minimum absolute atomic E-state index is 0.320. The summed E-state index contributed by atoms with van der Waals surface area (Å²) < 4.78 is 18.6. The van der Waals surface area contributed by atoms with E-state index in [0.717, 1.165) is 24.1 Å². The molecule has 1 aliphatic heterocycles. The van der Waals surface area contributed by atoms with Gasteiger partial charge in [0, 0.05) is 0 Å². The molecule has 1 aromatic rings. The highest BCUT2D eigenvalue weighted by atomic mass is 16.7. The Morgan fingerprint density at radius 2 is 1.68 bits per heavy atom. The molecule has 1 aromatic carbocycles. The molecular weight excluding hydrogens is 275 g/mol. The molecule has 1 saturated heterocycles. The van der Waals surface area contributed by atoms with Crippen molar-refractivity contribution in [3.05, 3.63) is 23.8 Å². The van der Waals surface area contributed by atoms with Gasteiger partial charge >= 0.3 is 7.12 Å². The van der Waals surface area contributed by atoms with Gasteiger partial charge in [-0.1, -0.05) is 26.0 Å². The minimum atomic E-state index is -0.329. The van der Waals surface area contributed by atoms with E-state index in [1.54, 1.807) is 0 Å². The highest BCUT2D eigenvalue weighted by Gasteiger charge is 2.52. The van der Waals surface area contributed by atoms with Crippen LogP contribution in [-0.4, -0.2) is 24.4 Å². The quantitative estimate of drug-likeness (QED) is 0.795. The first-order valence-corrected chi connectivity index (χ1v) is 8.36. The Hall–Kier alpha value is -0.995. The number of benzene rings is 1. The van der Waals surface area contributed by atoms with Crippen LogP contribution < -0.4 is 10.2 Å². The average Bonchev–Trinajstić information content (AvgIpc) is 3.16. The zero-order valence-electron chi connectivity index (χ0n) is 14.6. The van der Waals surface area contributed by atoms with Gasteiger partial charge in [-0.25, -0.2) is 0 Å². The van der Waals surface area contributed by atoms with Crippen molar-refractivity contribution in [2.75, 3.05) is 0 Å². The van der Waals surface area contributed by atoms with Gasteiger partial charge in [0.2, 0.25) is 0 Å². The van der Waals surface area contributed by atoms with Gasteiger partial charge in [0.15, 0.2) is 0 Å². The molecule has 1 aliphatic carbocycles. The van der Waals surface area contributed by atoms with Gasteiger partial charge in [-0.2, -0.15) is 0 Å². The molecule has 0 atom stereocenters. The Balaban J connectivity index is 1.96. The van der Waals surface area contributed by atoms with Crippen LogP contribution in [0.1, 0.15) is 65.9 Å². The first-order valence-electron chi connectivity index (χ1n) is 8.36. The molecule has 0 unspecified atom stereocenters. The molecule has 0 aromatic heterocycles. The number of ether oxygens (including phenoxy) is 1. The molecule has 120 valence electrons. The lowest BCUT2D eigenvalue weighted by atomic mass is 9.73. The standard InChI is InChI=1S/C18H27BO3/c1-12(2)16-14(8-7-9-15(16)20-13-10-11-13)19-21-17(3,4)18(5,6)22-19/h7-9,12-13H,10-11H2,1-6H3. The van der Waals surface area contributed by atoms with Crippen molar-refractivity contribution in [1.29, 1.82) is 0 Å². The largest absolute Gasteiger partial charge is 0.495 e. The van der Waals surface area contributed by atoms with E-state index >= 15 is 0 Å². The summed E-state index contributed by atoms with van der Waals surface area (Å²) in [5.74, 6) is 1.36. The maximum Gasteiger partial charge on any atom is 0.495 e. The summed E-state index contributed by atoms with van der Waals surface area (Å²) in [4.78, 5) is 0. The van der Waals surface area contributed by atoms with E-state index in [9.17, 15) is 0 Å². The van der Waals surface area contributed by atoms with Crippen molar-refractivity contribution in [3.63, 3.8) is 0 Å². The molecule has 0 amide bonds. The lowest BCUT2D eigenvalue weighted by Gasteiger charge is -2.32. The Labute approximate surface area is 134 Å². The zero-order valence-corrected chi connectivity index (χ0v) is 14.6. The molecule has 3 rings (SSSR count). The maximum absolute atomic E-state index is 6.24. The summed E-state index contributed by atoms with van der Waals surface area (Å²) in [5.41, 5.74) is 1.68. The molecule has 1 saturated carbocycles. The van der Waals surface area contributed by atoms with Gasteiger partial charge < -0.3 is 14.0 Å². The van der Waals surface area contributed by atoms with Crippen LogP contribution in [-0.2, 0) is 9.31 Å². The third-order valence-corrected chi connectivity index (χ3v) is 5.00. The fourth-order valence-corrected chi connectivity index (χ4v) is 2.82. The summed E-state index contributed by atoms with van der Waals surface area (Å²) in [7, 11) is -0.329. The minimum Gasteiger partial charge on any atom is -0.490 e. The topological polar surface area (TPSA) is 27.7 Å². The van der Waals surface area contributed by atoms with E-state index < -0.39 is 0 Å². The van der Waals surface area contributed by atoms with Crippen LogP contribution in [0.25, 0.3) is 0 Å². The van der Waals surface area contributed by atoms with Crippen molar-refractivity contribution in [1.82, 2.24) is 0 Å². The molecule has 2 fully saturated rings. The SMILES string of the molecule is CC(C)c1c(OC2CC2)cccc1B1OC(C)(C)C(C)(C)O1. The van der Waals surface area contributed by atoms with Crippen molar-refractivity contribution in [2.45, 2.75) is 77.6 Å². The molecule has 4 heteroatoms. The van der Waals surface area contributed by atoms with Crippen molar-refractivity contribution in [2.24, 2.45) is 0 Å². The van der Waals surface area contributed by atoms with Crippen LogP contribution in [0, 0.1) is 0 Å². The fraction of sp³-hybridized carbons (Fsp3) is 0.667.